The van der Waals surface area contributed by atoms with Crippen LogP contribution in [0.1, 0.15) is 101 Å². The number of rotatable bonds is 14. The Morgan fingerprint density at radius 3 is 2.34 bits per heavy atom. The summed E-state index contributed by atoms with van der Waals surface area (Å²) in [5.41, 5.74) is 7.09. The fraction of sp³-hybridized carbons (Fsp3) is 0.511. The summed E-state index contributed by atoms with van der Waals surface area (Å²) in [6.07, 6.45) is 7.09. The molecule has 0 aliphatic carbocycles. The Labute approximate surface area is 372 Å². The molecule has 8 rings (SSSR count). The van der Waals surface area contributed by atoms with Gasteiger partial charge >= 0.3 is 0 Å². The van der Waals surface area contributed by atoms with E-state index in [-0.39, 0.29) is 41.5 Å². The molecule has 1 saturated heterocycles. The van der Waals surface area contributed by atoms with Crippen LogP contribution in [0.5, 0.6) is 0 Å². The number of hydrogen-bond donors (Lipinski definition) is 3. The second-order valence-corrected chi connectivity index (χ2v) is 17.8. The lowest BCUT2D eigenvalue weighted by atomic mass is 9.92. The molecule has 1 atom stereocenters. The fourth-order valence-corrected chi connectivity index (χ4v) is 10.1. The third kappa shape index (κ3) is 9.09. The topological polar surface area (TPSA) is 167 Å². The Kier molecular flexibility index (Phi) is 13.4. The van der Waals surface area contributed by atoms with Crippen LogP contribution in [0.3, 0.4) is 0 Å². The van der Waals surface area contributed by atoms with E-state index in [1.807, 2.05) is 22.9 Å². The molecule has 5 aliphatic rings. The Bertz CT molecular complexity index is 2370. The molecular formula is C47H58F2N10O5. The number of anilines is 1. The first kappa shape index (κ1) is 44.8. The Balaban J connectivity index is 0.850. The minimum atomic E-state index is -2.68. The van der Waals surface area contributed by atoms with E-state index < -0.39 is 30.2 Å². The van der Waals surface area contributed by atoms with Gasteiger partial charge in [-0.15, -0.1) is 0 Å². The molecule has 3 N–H and O–H groups in total. The summed E-state index contributed by atoms with van der Waals surface area (Å²) in [4.78, 5) is 73.3. The average molecular weight is 881 g/mol. The zero-order chi connectivity index (χ0) is 45.2. The first-order chi connectivity index (χ1) is 30.8. The third-order valence-corrected chi connectivity index (χ3v) is 13.6. The van der Waals surface area contributed by atoms with E-state index in [1.165, 1.54) is 7.05 Å². The normalized spacial score (nSPS) is 18.9. The number of carbonyl (C=O) groups excluding carboxylic acids is 5. The highest BCUT2D eigenvalue weighted by Crippen LogP contribution is 2.40. The van der Waals surface area contributed by atoms with E-state index in [2.05, 4.69) is 25.5 Å². The van der Waals surface area contributed by atoms with Gasteiger partial charge in [0.15, 0.2) is 0 Å². The van der Waals surface area contributed by atoms with Crippen LogP contribution >= 0.6 is 0 Å². The average Bonchev–Trinajstić information content (AvgIpc) is 3.84. The van der Waals surface area contributed by atoms with Crippen molar-refractivity contribution in [2.45, 2.75) is 89.3 Å². The lowest BCUT2D eigenvalue weighted by Crippen LogP contribution is -2.48. The van der Waals surface area contributed by atoms with E-state index in [0.717, 1.165) is 78.1 Å². The third-order valence-electron chi connectivity index (χ3n) is 13.6. The number of aldehydes is 1. The summed E-state index contributed by atoms with van der Waals surface area (Å²) in [5, 5.41) is 20.0. The largest absolute Gasteiger partial charge is 0.385 e. The van der Waals surface area contributed by atoms with Gasteiger partial charge < -0.3 is 30.1 Å². The van der Waals surface area contributed by atoms with E-state index in [4.69, 9.17) is 0 Å². The second kappa shape index (κ2) is 19.1. The standard InChI is InChI=1S/C47H58F2N10O5/c1-51-45(62)40(8-6-20-60)59-46(63)36-21-29-10-17-56(27-31(29)23-37(36)47(59)64)14-5-9-42(61)57-18-11-33(12-19-57)53-39-13-16-54(2)28-38(39)44(50)58-15-4-7-30-22-34(32-25-52-55(3)26-32)35(43(48)49)24-41(30)58/h20-26,33,40,43,50,53H,4-19,27-28H2,1-3H3,(H,51,62). The monoisotopic (exact) mass is 880 g/mol. The van der Waals surface area contributed by atoms with Crippen LogP contribution < -0.4 is 15.5 Å². The molecule has 17 heteroatoms. The lowest BCUT2D eigenvalue weighted by Gasteiger charge is -2.38. The van der Waals surface area contributed by atoms with Crippen molar-refractivity contribution in [1.82, 2.24) is 40.0 Å². The number of carbonyl (C=O) groups is 5. The predicted molar refractivity (Wildman–Crippen MR) is 237 cm³/mol. The van der Waals surface area contributed by atoms with Gasteiger partial charge in [-0.3, -0.25) is 39.1 Å². The molecule has 15 nitrogen and oxygen atoms in total. The molecule has 0 radical (unpaired) electrons. The maximum absolute atomic E-state index is 14.5. The number of nitrogens with one attached hydrogen (secondary N) is 3. The van der Waals surface area contributed by atoms with Crippen LogP contribution in [0.4, 0.5) is 14.5 Å². The van der Waals surface area contributed by atoms with E-state index in [0.29, 0.717) is 87.5 Å². The number of aryl methyl sites for hydroxylation is 2. The summed E-state index contributed by atoms with van der Waals surface area (Å²) < 4.78 is 30.7. The van der Waals surface area contributed by atoms with Crippen LogP contribution in [0.2, 0.25) is 0 Å². The zero-order valence-corrected chi connectivity index (χ0v) is 36.9. The van der Waals surface area contributed by atoms with Crippen molar-refractivity contribution in [3.63, 3.8) is 0 Å². The SMILES string of the molecule is CNC(=O)C(CCC=O)N1C(=O)c2cc3c(cc2C1=O)CN(CCCC(=O)N1CCC(NC2=C(C(=N)N4CCCc5cc(-c6cnn(C)c6)c(C(F)F)cc54)CN(C)CC2)CC1)CC3. The fourth-order valence-electron chi connectivity index (χ4n) is 10.1. The number of nitrogens with zero attached hydrogens (tertiary/aromatic N) is 7. The summed E-state index contributed by atoms with van der Waals surface area (Å²) in [5.74, 6) is -1.07. The van der Waals surface area contributed by atoms with Gasteiger partial charge in [0.05, 0.1) is 17.3 Å². The molecular weight excluding hydrogens is 823 g/mol. The smallest absolute Gasteiger partial charge is 0.264 e. The summed E-state index contributed by atoms with van der Waals surface area (Å²) in [6.45, 7) is 5.29. The number of benzene rings is 2. The number of halogens is 2. The molecule has 0 bridgehead atoms. The van der Waals surface area contributed by atoms with E-state index in [9.17, 15) is 38.2 Å². The molecule has 1 unspecified atom stereocenters. The molecule has 1 fully saturated rings. The molecule has 6 heterocycles. The number of fused-ring (bicyclic) bond motifs is 3. The van der Waals surface area contributed by atoms with Gasteiger partial charge in [0.25, 0.3) is 18.2 Å². The highest BCUT2D eigenvalue weighted by atomic mass is 19.3. The molecule has 1 aromatic heterocycles. The van der Waals surface area contributed by atoms with Crippen LogP contribution in [-0.2, 0) is 40.8 Å². The Morgan fingerprint density at radius 2 is 1.66 bits per heavy atom. The van der Waals surface area contributed by atoms with Crippen molar-refractivity contribution in [3.8, 4) is 11.1 Å². The highest BCUT2D eigenvalue weighted by Gasteiger charge is 2.43. The van der Waals surface area contributed by atoms with Gasteiger partial charge in [-0.2, -0.15) is 5.10 Å². The summed E-state index contributed by atoms with van der Waals surface area (Å²) >= 11 is 0. The Hall–Kier alpha value is -5.81. The predicted octanol–water partition coefficient (Wildman–Crippen LogP) is 4.45. The lowest BCUT2D eigenvalue weighted by molar-refractivity contribution is -0.132. The molecule has 2 aromatic carbocycles. The first-order valence-electron chi connectivity index (χ1n) is 22.5. The van der Waals surface area contributed by atoms with Gasteiger partial charge in [-0.25, -0.2) is 8.78 Å². The number of aromatic nitrogens is 2. The van der Waals surface area contributed by atoms with Crippen molar-refractivity contribution in [2.24, 2.45) is 7.05 Å². The van der Waals surface area contributed by atoms with Gasteiger partial charge in [0.2, 0.25) is 11.8 Å². The van der Waals surface area contributed by atoms with Crippen LogP contribution in [0, 0.1) is 5.41 Å². The number of alkyl halides is 2. The number of imide groups is 1. The maximum atomic E-state index is 14.5. The van der Waals surface area contributed by atoms with Crippen LogP contribution in [0.25, 0.3) is 11.1 Å². The first-order valence-corrected chi connectivity index (χ1v) is 22.5. The number of hydrogen-bond acceptors (Lipinski definition) is 10. The number of amidine groups is 1. The van der Waals surface area contributed by atoms with Crippen molar-refractivity contribution in [1.29, 1.82) is 5.41 Å². The second-order valence-electron chi connectivity index (χ2n) is 17.8. The molecule has 5 aliphatic heterocycles. The molecule has 64 heavy (non-hydrogen) atoms. The zero-order valence-electron chi connectivity index (χ0n) is 36.9. The van der Waals surface area contributed by atoms with Gasteiger partial charge in [-0.05, 0) is 105 Å². The molecule has 0 spiro atoms. The van der Waals surface area contributed by atoms with Crippen molar-refractivity contribution >= 4 is 41.4 Å². The van der Waals surface area contributed by atoms with Crippen LogP contribution in [-0.4, -0.2) is 137 Å². The summed E-state index contributed by atoms with van der Waals surface area (Å²) in [6, 6.07) is 6.06. The quantitative estimate of drug-likeness (QED) is 0.0912. The molecule has 0 saturated carbocycles. The number of likely N-dealkylation sites (N-methyl/N-ethyl adjacent to an activating group) is 2. The summed E-state index contributed by atoms with van der Waals surface area (Å²) in [7, 11) is 5.24. The van der Waals surface area contributed by atoms with E-state index >= 15 is 0 Å². The highest BCUT2D eigenvalue weighted by molar-refractivity contribution is 6.23. The molecule has 4 amide bonds. The number of piperidine rings is 1. The maximum Gasteiger partial charge on any atom is 0.264 e. The molecule has 3 aromatic rings. The minimum Gasteiger partial charge on any atom is -0.385 e. The van der Waals surface area contributed by atoms with Gasteiger partial charge in [-0.1, -0.05) is 0 Å². The number of likely N-dealkylation sites (tertiary alicyclic amines) is 1. The Morgan fingerprint density at radius 1 is 0.922 bits per heavy atom. The number of amides is 4. The minimum absolute atomic E-state index is 0.0447. The van der Waals surface area contributed by atoms with Crippen molar-refractivity contribution in [2.75, 3.05) is 64.8 Å². The molecule has 340 valence electrons. The van der Waals surface area contributed by atoms with E-state index in [1.54, 1.807) is 42.3 Å². The van der Waals surface area contributed by atoms with Crippen molar-refractivity contribution in [3.05, 3.63) is 81.3 Å². The van der Waals surface area contributed by atoms with Gasteiger partial charge in [0.1, 0.15) is 18.2 Å². The van der Waals surface area contributed by atoms with Crippen molar-refractivity contribution < 1.29 is 32.8 Å². The van der Waals surface area contributed by atoms with Gasteiger partial charge in [0, 0.05) is 119 Å². The van der Waals surface area contributed by atoms with Crippen LogP contribution in [0.15, 0.2) is 47.9 Å².